The fourth-order valence-corrected chi connectivity index (χ4v) is 2.13. The van der Waals surface area contributed by atoms with Gasteiger partial charge in [0, 0.05) is 12.8 Å². The summed E-state index contributed by atoms with van der Waals surface area (Å²) in [4.78, 5) is 0. The van der Waals surface area contributed by atoms with Crippen LogP contribution in [0.2, 0.25) is 0 Å². The highest BCUT2D eigenvalue weighted by atomic mass is 16.6. The van der Waals surface area contributed by atoms with E-state index in [1.807, 2.05) is 18.2 Å². The maximum Gasteiger partial charge on any atom is 0.0867 e. The average molecular weight is 190 g/mol. The molecule has 1 aromatic rings. The molecule has 2 atom stereocenters. The zero-order chi connectivity index (χ0) is 9.38. The standard InChI is InChI=1S/C12H14O2/c1-2-4-9(5-3-1)8-13-10-6-11-12(7-10)14-11/h1-5,10-12H,6-8H2. The molecule has 0 aromatic heterocycles. The molecule has 1 heterocycles. The lowest BCUT2D eigenvalue weighted by Gasteiger charge is -2.12. The number of fused-ring (bicyclic) bond motifs is 1. The van der Waals surface area contributed by atoms with Gasteiger partial charge in [0.1, 0.15) is 0 Å². The van der Waals surface area contributed by atoms with Crippen molar-refractivity contribution < 1.29 is 9.47 Å². The van der Waals surface area contributed by atoms with Crippen LogP contribution < -0.4 is 0 Å². The molecule has 74 valence electrons. The normalized spacial score (nSPS) is 34.1. The van der Waals surface area contributed by atoms with Gasteiger partial charge >= 0.3 is 0 Å². The summed E-state index contributed by atoms with van der Waals surface area (Å²) < 4.78 is 11.2. The molecule has 1 saturated carbocycles. The molecule has 0 spiro atoms. The molecule has 14 heavy (non-hydrogen) atoms. The van der Waals surface area contributed by atoms with Crippen molar-refractivity contribution >= 4 is 0 Å². The van der Waals surface area contributed by atoms with Gasteiger partial charge in [-0.3, -0.25) is 0 Å². The topological polar surface area (TPSA) is 21.8 Å². The zero-order valence-corrected chi connectivity index (χ0v) is 8.06. The first kappa shape index (κ1) is 8.45. The van der Waals surface area contributed by atoms with Crippen LogP contribution in [0.1, 0.15) is 18.4 Å². The first-order valence-corrected chi connectivity index (χ1v) is 5.23. The summed E-state index contributed by atoms with van der Waals surface area (Å²) in [7, 11) is 0. The van der Waals surface area contributed by atoms with Crippen molar-refractivity contribution in [1.82, 2.24) is 0 Å². The lowest BCUT2D eigenvalue weighted by molar-refractivity contribution is 0.0221. The van der Waals surface area contributed by atoms with E-state index < -0.39 is 0 Å². The fraction of sp³-hybridized carbons (Fsp3) is 0.500. The van der Waals surface area contributed by atoms with Crippen LogP contribution in [0.15, 0.2) is 30.3 Å². The minimum Gasteiger partial charge on any atom is -0.373 e. The summed E-state index contributed by atoms with van der Waals surface area (Å²) in [6, 6.07) is 10.3. The maximum atomic E-state index is 5.81. The van der Waals surface area contributed by atoms with Gasteiger partial charge < -0.3 is 9.47 Å². The van der Waals surface area contributed by atoms with Crippen molar-refractivity contribution in [2.75, 3.05) is 0 Å². The van der Waals surface area contributed by atoms with Gasteiger partial charge in [-0.15, -0.1) is 0 Å². The molecule has 0 radical (unpaired) electrons. The van der Waals surface area contributed by atoms with E-state index in [2.05, 4.69) is 12.1 Å². The van der Waals surface area contributed by atoms with Crippen molar-refractivity contribution in [1.29, 1.82) is 0 Å². The monoisotopic (exact) mass is 190 g/mol. The Morgan fingerprint density at radius 3 is 2.57 bits per heavy atom. The Morgan fingerprint density at radius 2 is 1.86 bits per heavy atom. The van der Waals surface area contributed by atoms with Crippen molar-refractivity contribution in [3.63, 3.8) is 0 Å². The Kier molecular flexibility index (Phi) is 2.03. The molecule has 0 bridgehead atoms. The average Bonchev–Trinajstić information content (AvgIpc) is 2.85. The Morgan fingerprint density at radius 1 is 1.14 bits per heavy atom. The zero-order valence-electron chi connectivity index (χ0n) is 8.06. The highest BCUT2D eigenvalue weighted by Crippen LogP contribution is 2.39. The number of hydrogen-bond donors (Lipinski definition) is 0. The minimum absolute atomic E-state index is 0.430. The lowest BCUT2D eigenvalue weighted by atomic mass is 10.2. The third kappa shape index (κ3) is 1.68. The van der Waals surface area contributed by atoms with Crippen LogP contribution in [0, 0.1) is 0 Å². The van der Waals surface area contributed by atoms with Gasteiger partial charge in [0.05, 0.1) is 24.9 Å². The third-order valence-corrected chi connectivity index (χ3v) is 3.01. The van der Waals surface area contributed by atoms with E-state index in [4.69, 9.17) is 9.47 Å². The van der Waals surface area contributed by atoms with Gasteiger partial charge in [0.15, 0.2) is 0 Å². The van der Waals surface area contributed by atoms with E-state index in [-0.39, 0.29) is 0 Å². The molecule has 1 aliphatic heterocycles. The van der Waals surface area contributed by atoms with Crippen molar-refractivity contribution in [3.8, 4) is 0 Å². The summed E-state index contributed by atoms with van der Waals surface area (Å²) in [5, 5.41) is 0. The van der Waals surface area contributed by atoms with E-state index in [0.29, 0.717) is 18.3 Å². The second-order valence-electron chi connectivity index (χ2n) is 4.10. The van der Waals surface area contributed by atoms with E-state index in [0.717, 1.165) is 19.4 Å². The Hall–Kier alpha value is -0.860. The smallest absolute Gasteiger partial charge is 0.0867 e. The summed E-state index contributed by atoms with van der Waals surface area (Å²) in [6.45, 7) is 0.741. The molecule has 0 amide bonds. The summed E-state index contributed by atoms with van der Waals surface area (Å²) in [6.07, 6.45) is 3.67. The van der Waals surface area contributed by atoms with Crippen molar-refractivity contribution in [2.24, 2.45) is 0 Å². The van der Waals surface area contributed by atoms with Crippen molar-refractivity contribution in [2.45, 2.75) is 37.8 Å². The first-order chi connectivity index (χ1) is 6.92. The van der Waals surface area contributed by atoms with Gasteiger partial charge in [-0.25, -0.2) is 0 Å². The predicted octanol–water partition coefficient (Wildman–Crippen LogP) is 2.13. The highest BCUT2D eigenvalue weighted by molar-refractivity contribution is 5.13. The van der Waals surface area contributed by atoms with E-state index in [1.54, 1.807) is 0 Å². The second-order valence-corrected chi connectivity index (χ2v) is 4.10. The van der Waals surface area contributed by atoms with E-state index in [1.165, 1.54) is 5.56 Å². The van der Waals surface area contributed by atoms with Crippen LogP contribution >= 0.6 is 0 Å². The fourth-order valence-electron chi connectivity index (χ4n) is 2.13. The molecular formula is C12H14O2. The number of epoxide rings is 1. The number of hydrogen-bond acceptors (Lipinski definition) is 2. The highest BCUT2D eigenvalue weighted by Gasteiger charge is 2.48. The Balaban J connectivity index is 1.50. The minimum atomic E-state index is 0.430. The second kappa shape index (κ2) is 3.37. The molecule has 1 aliphatic carbocycles. The summed E-state index contributed by atoms with van der Waals surface area (Å²) >= 11 is 0. The van der Waals surface area contributed by atoms with Gasteiger partial charge in [0.2, 0.25) is 0 Å². The van der Waals surface area contributed by atoms with E-state index >= 15 is 0 Å². The summed E-state index contributed by atoms with van der Waals surface area (Å²) in [5.74, 6) is 0. The molecule has 2 nitrogen and oxygen atoms in total. The van der Waals surface area contributed by atoms with Crippen LogP contribution in [-0.4, -0.2) is 18.3 Å². The predicted molar refractivity (Wildman–Crippen MR) is 52.9 cm³/mol. The molecule has 1 aromatic carbocycles. The molecule has 2 aliphatic rings. The maximum absolute atomic E-state index is 5.81. The Bertz CT molecular complexity index is 299. The quantitative estimate of drug-likeness (QED) is 0.681. The number of rotatable bonds is 3. The van der Waals surface area contributed by atoms with Crippen LogP contribution in [-0.2, 0) is 16.1 Å². The third-order valence-electron chi connectivity index (χ3n) is 3.01. The van der Waals surface area contributed by atoms with Gasteiger partial charge in [-0.05, 0) is 5.56 Å². The molecule has 3 rings (SSSR count). The van der Waals surface area contributed by atoms with Crippen molar-refractivity contribution in [3.05, 3.63) is 35.9 Å². The molecule has 2 unspecified atom stereocenters. The molecule has 2 fully saturated rings. The number of benzene rings is 1. The SMILES string of the molecule is c1ccc(COC2CC3OC3C2)cc1. The first-order valence-electron chi connectivity index (χ1n) is 5.23. The molecule has 2 heteroatoms. The largest absolute Gasteiger partial charge is 0.373 e. The van der Waals surface area contributed by atoms with Crippen LogP contribution in [0.5, 0.6) is 0 Å². The van der Waals surface area contributed by atoms with Gasteiger partial charge in [-0.1, -0.05) is 30.3 Å². The van der Waals surface area contributed by atoms with Gasteiger partial charge in [0.25, 0.3) is 0 Å². The van der Waals surface area contributed by atoms with Crippen LogP contribution in [0.4, 0.5) is 0 Å². The lowest BCUT2D eigenvalue weighted by Crippen LogP contribution is -2.11. The number of ether oxygens (including phenoxy) is 2. The Labute approximate surface area is 83.8 Å². The molecular weight excluding hydrogens is 176 g/mol. The van der Waals surface area contributed by atoms with Crippen LogP contribution in [0.25, 0.3) is 0 Å². The molecule has 0 N–H and O–H groups in total. The summed E-state index contributed by atoms with van der Waals surface area (Å²) in [5.41, 5.74) is 1.26. The van der Waals surface area contributed by atoms with Crippen LogP contribution in [0.3, 0.4) is 0 Å². The molecule has 1 saturated heterocycles. The van der Waals surface area contributed by atoms with Gasteiger partial charge in [-0.2, -0.15) is 0 Å². The van der Waals surface area contributed by atoms with E-state index in [9.17, 15) is 0 Å².